The molecule has 9 heteroatoms. The Balaban J connectivity index is 0.00000192. The second-order valence-electron chi connectivity index (χ2n) is 10.1. The van der Waals surface area contributed by atoms with E-state index >= 15 is 0 Å². The molecule has 1 aliphatic rings. The van der Waals surface area contributed by atoms with Crippen LogP contribution < -0.4 is 5.32 Å². The molecule has 1 amide bonds. The van der Waals surface area contributed by atoms with Crippen molar-refractivity contribution in [2.45, 2.75) is 135 Å². The number of hydrogen-bond donors (Lipinski definition) is 2. The van der Waals surface area contributed by atoms with Crippen molar-refractivity contribution >= 4 is 22.6 Å². The smallest absolute Gasteiger partial charge is 0.359 e. The maximum atomic E-state index is 11.8. The summed E-state index contributed by atoms with van der Waals surface area (Å²) in [6.07, 6.45) is 28.9. The van der Waals surface area contributed by atoms with Gasteiger partial charge >= 0.3 is 10.4 Å². The first-order valence-corrected chi connectivity index (χ1v) is 16.3. The van der Waals surface area contributed by atoms with Gasteiger partial charge in [0, 0.05) is 26.1 Å². The van der Waals surface area contributed by atoms with E-state index in [1.165, 1.54) is 116 Å². The van der Waals surface area contributed by atoms with Gasteiger partial charge in [-0.05, 0) is 6.42 Å². The fourth-order valence-corrected chi connectivity index (χ4v) is 4.38. The highest BCUT2D eigenvalue weighted by Crippen LogP contribution is 2.14. The van der Waals surface area contributed by atoms with Gasteiger partial charge in [0.1, 0.15) is 0 Å². The molecule has 220 valence electrons. The molecule has 2 N–H and O–H groups in total. The molecule has 37 heavy (non-hydrogen) atoms. The number of nitrogens with zero attached hydrogens (tertiary/aromatic N) is 2. The highest BCUT2D eigenvalue weighted by atomic mass is 32.3. The Kier molecular flexibility index (Phi) is 25.6. The molecule has 0 spiro atoms. The van der Waals surface area contributed by atoms with Crippen molar-refractivity contribution in [1.29, 1.82) is 0 Å². The predicted molar refractivity (Wildman–Crippen MR) is 155 cm³/mol. The van der Waals surface area contributed by atoms with Crippen LogP contribution in [0.5, 0.6) is 0 Å². The first-order valence-electron chi connectivity index (χ1n) is 14.9. The minimum absolute atomic E-state index is 0.211. The summed E-state index contributed by atoms with van der Waals surface area (Å²) in [6.45, 7) is 5.81. The van der Waals surface area contributed by atoms with Gasteiger partial charge in [0.25, 0.3) is 0 Å². The second-order valence-corrected chi connectivity index (χ2v) is 11.3. The number of aliphatic imine (C=N–C) groups is 1. The molecule has 0 aromatic rings. The molecule has 0 atom stereocenters. The lowest BCUT2D eigenvalue weighted by Gasteiger charge is -2.13. The first-order chi connectivity index (χ1) is 17.9. The Labute approximate surface area is 228 Å². The van der Waals surface area contributed by atoms with Gasteiger partial charge in [0.05, 0.1) is 20.0 Å². The second kappa shape index (κ2) is 26.4. The SMILES string of the molecule is CCCCCCCCCCCCCCCCCCCCCC(=O)NCCN1C=NCC1.COS(=O)(=O)O. The van der Waals surface area contributed by atoms with Gasteiger partial charge in [0.2, 0.25) is 5.91 Å². The van der Waals surface area contributed by atoms with Crippen LogP contribution in [-0.4, -0.2) is 63.4 Å². The summed E-state index contributed by atoms with van der Waals surface area (Å²) in [5, 5.41) is 3.03. The summed E-state index contributed by atoms with van der Waals surface area (Å²) in [5.41, 5.74) is 0. The third-order valence-electron chi connectivity index (χ3n) is 6.70. The Morgan fingerprint density at radius 1 is 0.838 bits per heavy atom. The summed E-state index contributed by atoms with van der Waals surface area (Å²) in [6, 6.07) is 0. The third kappa shape index (κ3) is 29.2. The molecule has 0 aromatic heterocycles. The van der Waals surface area contributed by atoms with E-state index in [9.17, 15) is 13.2 Å². The van der Waals surface area contributed by atoms with E-state index in [1.807, 2.05) is 6.34 Å². The maximum Gasteiger partial charge on any atom is 0.397 e. The average molecular weight is 548 g/mol. The van der Waals surface area contributed by atoms with Crippen molar-refractivity contribution in [3.05, 3.63) is 0 Å². The summed E-state index contributed by atoms with van der Waals surface area (Å²) >= 11 is 0. The normalized spacial score (nSPS) is 13.0. The van der Waals surface area contributed by atoms with Crippen LogP contribution in [0, 0.1) is 0 Å². The molecule has 0 bridgehead atoms. The zero-order chi connectivity index (χ0) is 27.5. The lowest BCUT2D eigenvalue weighted by molar-refractivity contribution is -0.121. The molecule has 8 nitrogen and oxygen atoms in total. The minimum Gasteiger partial charge on any atom is -0.359 e. The van der Waals surface area contributed by atoms with E-state index in [0.717, 1.165) is 39.7 Å². The lowest BCUT2D eigenvalue weighted by Crippen LogP contribution is -2.33. The number of hydrogen-bond acceptors (Lipinski definition) is 6. The Bertz CT molecular complexity index is 644. The minimum atomic E-state index is -4.16. The molecule has 1 heterocycles. The van der Waals surface area contributed by atoms with Gasteiger partial charge in [-0.2, -0.15) is 8.42 Å². The number of carbonyl (C=O) groups is 1. The zero-order valence-electron chi connectivity index (χ0n) is 23.9. The maximum absolute atomic E-state index is 11.8. The number of unbranched alkanes of at least 4 members (excludes halogenated alkanes) is 18. The van der Waals surface area contributed by atoms with Gasteiger partial charge < -0.3 is 10.2 Å². The van der Waals surface area contributed by atoms with Gasteiger partial charge in [-0.3, -0.25) is 18.5 Å². The fourth-order valence-electron chi connectivity index (χ4n) is 4.38. The van der Waals surface area contributed by atoms with E-state index in [4.69, 9.17) is 4.55 Å². The van der Waals surface area contributed by atoms with E-state index in [0.29, 0.717) is 6.42 Å². The van der Waals surface area contributed by atoms with Crippen LogP contribution in [0.25, 0.3) is 0 Å². The molecule has 0 aliphatic carbocycles. The number of nitrogens with one attached hydrogen (secondary N) is 1. The Morgan fingerprint density at radius 3 is 1.59 bits per heavy atom. The number of carbonyl (C=O) groups excluding carboxylic acids is 1. The molecule has 0 aromatic carbocycles. The van der Waals surface area contributed by atoms with E-state index in [-0.39, 0.29) is 5.91 Å². The summed E-state index contributed by atoms with van der Waals surface area (Å²) < 4.78 is 29.7. The fraction of sp³-hybridized carbons (Fsp3) is 0.929. The lowest BCUT2D eigenvalue weighted by atomic mass is 10.0. The van der Waals surface area contributed by atoms with Crippen molar-refractivity contribution in [3.8, 4) is 0 Å². The Hall–Kier alpha value is -1.19. The average Bonchev–Trinajstić information content (AvgIpc) is 3.39. The van der Waals surface area contributed by atoms with E-state index in [2.05, 4.69) is 26.3 Å². The van der Waals surface area contributed by atoms with Crippen LogP contribution in [0.15, 0.2) is 4.99 Å². The third-order valence-corrected chi connectivity index (χ3v) is 7.12. The largest absolute Gasteiger partial charge is 0.397 e. The van der Waals surface area contributed by atoms with Crippen molar-refractivity contribution in [3.63, 3.8) is 0 Å². The van der Waals surface area contributed by atoms with Crippen LogP contribution in [-0.2, 0) is 19.4 Å². The highest BCUT2D eigenvalue weighted by molar-refractivity contribution is 7.80. The van der Waals surface area contributed by atoms with Crippen LogP contribution in [0.1, 0.15) is 135 Å². The number of rotatable bonds is 24. The molecular weight excluding hydrogens is 490 g/mol. The summed E-state index contributed by atoms with van der Waals surface area (Å²) in [5.74, 6) is 0.211. The topological polar surface area (TPSA) is 108 Å². The summed E-state index contributed by atoms with van der Waals surface area (Å²) in [4.78, 5) is 18.2. The van der Waals surface area contributed by atoms with Crippen LogP contribution in [0.3, 0.4) is 0 Å². The van der Waals surface area contributed by atoms with Crippen LogP contribution in [0.4, 0.5) is 0 Å². The van der Waals surface area contributed by atoms with Crippen molar-refractivity contribution in [2.24, 2.45) is 4.99 Å². The van der Waals surface area contributed by atoms with Gasteiger partial charge in [-0.15, -0.1) is 0 Å². The van der Waals surface area contributed by atoms with Crippen molar-refractivity contribution < 1.29 is 21.9 Å². The first kappa shape index (κ1) is 35.8. The molecule has 0 saturated heterocycles. The molecular formula is C28H57N3O5S. The highest BCUT2D eigenvalue weighted by Gasteiger charge is 2.06. The molecule has 0 unspecified atom stereocenters. The van der Waals surface area contributed by atoms with Crippen LogP contribution in [0.2, 0.25) is 0 Å². The molecule has 1 rings (SSSR count). The molecule has 0 radical (unpaired) electrons. The van der Waals surface area contributed by atoms with Gasteiger partial charge in [-0.25, -0.2) is 0 Å². The van der Waals surface area contributed by atoms with Gasteiger partial charge in [0.15, 0.2) is 0 Å². The van der Waals surface area contributed by atoms with Crippen LogP contribution >= 0.6 is 0 Å². The Morgan fingerprint density at radius 2 is 1.24 bits per heavy atom. The monoisotopic (exact) mass is 547 g/mol. The van der Waals surface area contributed by atoms with Crippen molar-refractivity contribution in [2.75, 3.05) is 33.3 Å². The predicted octanol–water partition coefficient (Wildman–Crippen LogP) is 6.70. The van der Waals surface area contributed by atoms with Gasteiger partial charge in [-0.1, -0.05) is 122 Å². The zero-order valence-corrected chi connectivity index (χ0v) is 24.7. The van der Waals surface area contributed by atoms with E-state index < -0.39 is 10.4 Å². The quantitative estimate of drug-likeness (QED) is 0.103. The molecule has 0 saturated carbocycles. The summed E-state index contributed by atoms with van der Waals surface area (Å²) in [7, 11) is -3.29. The number of amides is 1. The van der Waals surface area contributed by atoms with E-state index in [1.54, 1.807) is 0 Å². The molecule has 1 aliphatic heterocycles. The standard InChI is InChI=1S/C27H53N3O.CH4O4S/c1-2-3-4-5-6-7-8-9-10-11-12-13-14-15-16-17-18-19-20-21-27(31)29-23-25-30-24-22-28-26-30;1-5-6(2,3)4/h26H,2-25H2,1H3,(H,29,31);1H3,(H,2,3,4). The van der Waals surface area contributed by atoms with Crippen molar-refractivity contribution in [1.82, 2.24) is 10.2 Å². The molecule has 0 fully saturated rings.